The summed E-state index contributed by atoms with van der Waals surface area (Å²) in [6.07, 6.45) is 3.30. The van der Waals surface area contributed by atoms with E-state index in [-0.39, 0.29) is 17.7 Å². The predicted octanol–water partition coefficient (Wildman–Crippen LogP) is 5.90. The van der Waals surface area contributed by atoms with Gasteiger partial charge in [-0.05, 0) is 74.7 Å². The fourth-order valence-corrected chi connectivity index (χ4v) is 4.24. The highest BCUT2D eigenvalue weighted by atomic mass is 16.5. The number of hydrogen-bond acceptors (Lipinski definition) is 4. The van der Waals surface area contributed by atoms with Gasteiger partial charge in [-0.1, -0.05) is 43.2 Å². The highest BCUT2D eigenvalue weighted by Gasteiger charge is 2.34. The second kappa shape index (κ2) is 11.7. The molecular weight excluding hydrogens is 452 g/mol. The molecule has 36 heavy (non-hydrogen) atoms. The van der Waals surface area contributed by atoms with Gasteiger partial charge in [0.1, 0.15) is 5.75 Å². The molecule has 1 aliphatic heterocycles. The van der Waals surface area contributed by atoms with Crippen LogP contribution in [0.5, 0.6) is 5.75 Å². The molecule has 3 aromatic rings. The molecule has 0 radical (unpaired) electrons. The molecule has 0 spiro atoms. The second-order valence-electron chi connectivity index (χ2n) is 9.03. The first kappa shape index (κ1) is 25.2. The summed E-state index contributed by atoms with van der Waals surface area (Å²) in [4.78, 5) is 41.8. The minimum Gasteiger partial charge on any atom is -0.494 e. The van der Waals surface area contributed by atoms with Crippen molar-refractivity contribution < 1.29 is 19.1 Å². The van der Waals surface area contributed by atoms with Gasteiger partial charge in [0.05, 0.1) is 17.7 Å². The van der Waals surface area contributed by atoms with E-state index in [9.17, 15) is 14.4 Å². The van der Waals surface area contributed by atoms with Crippen molar-refractivity contribution in [3.05, 3.63) is 95.1 Å². The van der Waals surface area contributed by atoms with Crippen LogP contribution in [0, 0.1) is 6.92 Å². The highest BCUT2D eigenvalue weighted by molar-refractivity contribution is 6.21. The number of aryl methyl sites for hydroxylation is 1. The Balaban J connectivity index is 1.41. The van der Waals surface area contributed by atoms with Gasteiger partial charge in [-0.3, -0.25) is 19.3 Å². The van der Waals surface area contributed by atoms with Gasteiger partial charge in [-0.15, -0.1) is 0 Å². The summed E-state index contributed by atoms with van der Waals surface area (Å²) < 4.78 is 5.72. The first-order valence-corrected chi connectivity index (χ1v) is 12.6. The summed E-state index contributed by atoms with van der Waals surface area (Å²) in [5.74, 6) is 0.161. The van der Waals surface area contributed by atoms with Crippen LogP contribution in [0.3, 0.4) is 0 Å². The van der Waals surface area contributed by atoms with E-state index in [0.717, 1.165) is 29.8 Å². The summed E-state index contributed by atoms with van der Waals surface area (Å²) in [6, 6.07) is 22.0. The van der Waals surface area contributed by atoms with Crippen LogP contribution in [-0.4, -0.2) is 42.3 Å². The molecule has 0 saturated heterocycles. The second-order valence-corrected chi connectivity index (χ2v) is 9.03. The normalized spacial score (nSPS) is 12.6. The number of hydrogen-bond donors (Lipinski definition) is 0. The van der Waals surface area contributed by atoms with Crippen LogP contribution in [0.25, 0.3) is 0 Å². The Bertz CT molecular complexity index is 1180. The predicted molar refractivity (Wildman–Crippen MR) is 141 cm³/mol. The Hall–Kier alpha value is -3.93. The number of rotatable bonds is 11. The topological polar surface area (TPSA) is 66.9 Å². The number of carbonyl (C=O) groups is 3. The van der Waals surface area contributed by atoms with E-state index in [1.54, 1.807) is 41.3 Å². The number of fused-ring (bicyclic) bond motifs is 1. The summed E-state index contributed by atoms with van der Waals surface area (Å²) in [6.45, 7) is 5.58. The Labute approximate surface area is 212 Å². The Morgan fingerprint density at radius 3 is 2.08 bits per heavy atom. The van der Waals surface area contributed by atoms with E-state index in [1.807, 2.05) is 43.3 Å². The Morgan fingerprint density at radius 1 is 0.833 bits per heavy atom. The lowest BCUT2D eigenvalue weighted by atomic mass is 10.1. The fourth-order valence-electron chi connectivity index (χ4n) is 4.24. The van der Waals surface area contributed by atoms with E-state index >= 15 is 0 Å². The molecule has 0 fully saturated rings. The molecule has 0 saturated carbocycles. The zero-order valence-corrected chi connectivity index (χ0v) is 20.9. The van der Waals surface area contributed by atoms with E-state index < -0.39 is 0 Å². The van der Waals surface area contributed by atoms with Gasteiger partial charge in [0.15, 0.2) is 0 Å². The number of benzene rings is 3. The SMILES string of the molecule is CCCCOc1ccc(C(=O)N(CCCCN2C(=O)c3ccccc3C2=O)c2ccc(C)cc2)cc1. The fraction of sp³-hybridized carbons (Fsp3) is 0.300. The van der Waals surface area contributed by atoms with Crippen LogP contribution in [0.15, 0.2) is 72.8 Å². The molecule has 0 atom stereocenters. The summed E-state index contributed by atoms with van der Waals surface area (Å²) in [5.41, 5.74) is 3.43. The van der Waals surface area contributed by atoms with E-state index in [4.69, 9.17) is 4.74 Å². The van der Waals surface area contributed by atoms with Gasteiger partial charge < -0.3 is 9.64 Å². The molecular formula is C30H32N2O4. The lowest BCUT2D eigenvalue weighted by Crippen LogP contribution is -2.34. The minimum absolute atomic E-state index is 0.0975. The van der Waals surface area contributed by atoms with Gasteiger partial charge in [-0.2, -0.15) is 0 Å². The minimum atomic E-state index is -0.247. The maximum Gasteiger partial charge on any atom is 0.261 e. The molecule has 0 aliphatic carbocycles. The molecule has 4 rings (SSSR count). The zero-order valence-electron chi connectivity index (χ0n) is 20.9. The van der Waals surface area contributed by atoms with Crippen molar-refractivity contribution in [3.8, 4) is 5.75 Å². The molecule has 6 nitrogen and oxygen atoms in total. The van der Waals surface area contributed by atoms with Crippen LogP contribution < -0.4 is 9.64 Å². The quantitative estimate of drug-likeness (QED) is 0.251. The third-order valence-electron chi connectivity index (χ3n) is 6.35. The average molecular weight is 485 g/mol. The monoisotopic (exact) mass is 484 g/mol. The molecule has 1 heterocycles. The van der Waals surface area contributed by atoms with Crippen LogP contribution in [-0.2, 0) is 0 Å². The van der Waals surface area contributed by atoms with E-state index in [2.05, 4.69) is 6.92 Å². The number of imide groups is 1. The number of amides is 3. The van der Waals surface area contributed by atoms with Gasteiger partial charge in [0.25, 0.3) is 17.7 Å². The molecule has 0 aromatic heterocycles. The number of unbranched alkanes of at least 4 members (excludes halogenated alkanes) is 2. The number of ether oxygens (including phenoxy) is 1. The summed E-state index contributed by atoms with van der Waals surface area (Å²) in [7, 11) is 0. The largest absolute Gasteiger partial charge is 0.494 e. The molecule has 3 amide bonds. The van der Waals surface area contributed by atoms with E-state index in [0.29, 0.717) is 49.2 Å². The Kier molecular flexibility index (Phi) is 8.16. The first-order valence-electron chi connectivity index (χ1n) is 12.6. The van der Waals surface area contributed by atoms with Gasteiger partial charge in [-0.25, -0.2) is 0 Å². The number of nitrogens with zero attached hydrogens (tertiary/aromatic N) is 2. The van der Waals surface area contributed by atoms with Crippen LogP contribution in [0.4, 0.5) is 5.69 Å². The third-order valence-corrected chi connectivity index (χ3v) is 6.35. The zero-order chi connectivity index (χ0) is 25.5. The maximum absolute atomic E-state index is 13.5. The van der Waals surface area contributed by atoms with Crippen LogP contribution in [0.1, 0.15) is 69.2 Å². The van der Waals surface area contributed by atoms with Crippen molar-refractivity contribution in [2.45, 2.75) is 39.5 Å². The maximum atomic E-state index is 13.5. The van der Waals surface area contributed by atoms with Gasteiger partial charge in [0, 0.05) is 24.3 Å². The number of anilines is 1. The lowest BCUT2D eigenvalue weighted by molar-refractivity contribution is 0.0651. The smallest absolute Gasteiger partial charge is 0.261 e. The van der Waals surface area contributed by atoms with Gasteiger partial charge in [0.2, 0.25) is 0 Å². The lowest BCUT2D eigenvalue weighted by Gasteiger charge is -2.24. The molecule has 6 heteroatoms. The Morgan fingerprint density at radius 2 is 1.47 bits per heavy atom. The van der Waals surface area contributed by atoms with Crippen molar-refractivity contribution in [1.82, 2.24) is 4.90 Å². The first-order chi connectivity index (χ1) is 17.5. The number of carbonyl (C=O) groups excluding carboxylic acids is 3. The molecule has 0 unspecified atom stereocenters. The average Bonchev–Trinajstić information content (AvgIpc) is 3.14. The summed E-state index contributed by atoms with van der Waals surface area (Å²) >= 11 is 0. The molecule has 0 bridgehead atoms. The molecule has 3 aromatic carbocycles. The van der Waals surface area contributed by atoms with Crippen LogP contribution >= 0.6 is 0 Å². The molecule has 0 N–H and O–H groups in total. The van der Waals surface area contributed by atoms with Crippen LogP contribution in [0.2, 0.25) is 0 Å². The van der Waals surface area contributed by atoms with Gasteiger partial charge >= 0.3 is 0 Å². The van der Waals surface area contributed by atoms with Crippen molar-refractivity contribution in [2.75, 3.05) is 24.6 Å². The molecule has 186 valence electrons. The molecule has 1 aliphatic rings. The third kappa shape index (κ3) is 5.65. The highest BCUT2D eigenvalue weighted by Crippen LogP contribution is 2.24. The van der Waals surface area contributed by atoms with Crippen molar-refractivity contribution >= 4 is 23.4 Å². The standard InChI is InChI=1S/C30H32N2O4/c1-3-4-21-36-25-17-13-23(14-18-25)28(33)31(24-15-11-22(2)12-16-24)19-7-8-20-32-29(34)26-9-5-6-10-27(26)30(32)35/h5-6,9-18H,3-4,7-8,19-21H2,1-2H3. The van der Waals surface area contributed by atoms with Crippen molar-refractivity contribution in [1.29, 1.82) is 0 Å². The van der Waals surface area contributed by atoms with E-state index in [1.165, 1.54) is 4.90 Å². The van der Waals surface area contributed by atoms with Crippen molar-refractivity contribution in [3.63, 3.8) is 0 Å². The van der Waals surface area contributed by atoms with Crippen molar-refractivity contribution in [2.24, 2.45) is 0 Å². The summed E-state index contributed by atoms with van der Waals surface area (Å²) in [5, 5.41) is 0.